The molecule has 3 rings (SSSR count). The molecule has 0 atom stereocenters. The molecule has 21 heavy (non-hydrogen) atoms. The summed E-state index contributed by atoms with van der Waals surface area (Å²) in [6.07, 6.45) is 1.75. The summed E-state index contributed by atoms with van der Waals surface area (Å²) in [4.78, 5) is 8.84. The summed E-state index contributed by atoms with van der Waals surface area (Å²) in [5, 5.41) is 9.12. The molecule has 0 saturated heterocycles. The number of anilines is 1. The molecule has 0 aromatic carbocycles. The molecule has 0 radical (unpaired) electrons. The minimum absolute atomic E-state index is 0.536. The van der Waals surface area contributed by atoms with Crippen molar-refractivity contribution in [2.75, 3.05) is 5.73 Å². The van der Waals surface area contributed by atoms with E-state index in [4.69, 9.17) is 5.73 Å². The van der Waals surface area contributed by atoms with E-state index in [-0.39, 0.29) is 0 Å². The van der Waals surface area contributed by atoms with Gasteiger partial charge in [0, 0.05) is 12.2 Å². The van der Waals surface area contributed by atoms with Crippen LogP contribution in [0.5, 0.6) is 0 Å². The van der Waals surface area contributed by atoms with Crippen LogP contribution in [0.4, 0.5) is 5.82 Å². The summed E-state index contributed by atoms with van der Waals surface area (Å²) in [5.74, 6) is 2.12. The maximum atomic E-state index is 6.07. The number of nitrogens with zero attached hydrogens (tertiary/aromatic N) is 6. The van der Waals surface area contributed by atoms with Crippen molar-refractivity contribution in [3.05, 3.63) is 29.2 Å². The van der Waals surface area contributed by atoms with Gasteiger partial charge in [0.25, 0.3) is 0 Å². The minimum atomic E-state index is 0.536. The Bertz CT molecular complexity index is 812. The molecule has 0 saturated carbocycles. The van der Waals surface area contributed by atoms with Gasteiger partial charge in [0.05, 0.1) is 11.9 Å². The monoisotopic (exact) mass is 285 g/mol. The molecule has 0 unspecified atom stereocenters. The highest BCUT2D eigenvalue weighted by molar-refractivity contribution is 5.91. The van der Waals surface area contributed by atoms with Gasteiger partial charge in [-0.25, -0.2) is 9.97 Å². The van der Waals surface area contributed by atoms with E-state index in [1.165, 1.54) is 0 Å². The van der Waals surface area contributed by atoms with Crippen molar-refractivity contribution in [2.45, 2.75) is 40.8 Å². The van der Waals surface area contributed by atoms with Gasteiger partial charge < -0.3 is 14.9 Å². The third kappa shape index (κ3) is 2.05. The van der Waals surface area contributed by atoms with Crippen molar-refractivity contribution in [1.82, 2.24) is 29.3 Å². The lowest BCUT2D eigenvalue weighted by molar-refractivity contribution is 0.650. The molecular formula is C14H19N7. The Morgan fingerprint density at radius 2 is 1.95 bits per heavy atom. The van der Waals surface area contributed by atoms with Crippen molar-refractivity contribution in [3.8, 4) is 0 Å². The number of fused-ring (bicyclic) bond motifs is 1. The van der Waals surface area contributed by atoms with Gasteiger partial charge in [0.2, 0.25) is 0 Å². The lowest BCUT2D eigenvalue weighted by Crippen LogP contribution is -2.10. The fraction of sp³-hybridized carbons (Fsp3) is 0.429. The van der Waals surface area contributed by atoms with Gasteiger partial charge in [-0.3, -0.25) is 0 Å². The van der Waals surface area contributed by atoms with Crippen molar-refractivity contribution < 1.29 is 0 Å². The Morgan fingerprint density at radius 3 is 2.67 bits per heavy atom. The van der Waals surface area contributed by atoms with Crippen LogP contribution in [0.3, 0.4) is 0 Å². The van der Waals surface area contributed by atoms with Crippen molar-refractivity contribution in [1.29, 1.82) is 0 Å². The van der Waals surface area contributed by atoms with Crippen LogP contribution >= 0.6 is 0 Å². The summed E-state index contributed by atoms with van der Waals surface area (Å²) in [5.41, 5.74) is 9.18. The van der Waals surface area contributed by atoms with E-state index in [0.29, 0.717) is 18.2 Å². The van der Waals surface area contributed by atoms with Gasteiger partial charge in [0.1, 0.15) is 23.6 Å². The molecule has 3 aromatic heterocycles. The summed E-state index contributed by atoms with van der Waals surface area (Å²) < 4.78 is 4.16. The number of rotatable bonds is 3. The molecule has 0 bridgehead atoms. The quantitative estimate of drug-likeness (QED) is 0.789. The summed E-state index contributed by atoms with van der Waals surface area (Å²) >= 11 is 0. The van der Waals surface area contributed by atoms with Crippen LogP contribution in [0.15, 0.2) is 6.33 Å². The predicted octanol–water partition coefficient (Wildman–Crippen LogP) is 1.60. The highest BCUT2D eigenvalue weighted by atomic mass is 15.3. The molecule has 0 spiro atoms. The highest BCUT2D eigenvalue weighted by Gasteiger charge is 2.17. The van der Waals surface area contributed by atoms with Gasteiger partial charge in [-0.15, -0.1) is 10.2 Å². The molecule has 110 valence electrons. The van der Waals surface area contributed by atoms with Crippen LogP contribution in [0.1, 0.15) is 29.8 Å². The molecule has 0 aliphatic rings. The second-order valence-electron chi connectivity index (χ2n) is 5.18. The second-order valence-corrected chi connectivity index (χ2v) is 5.18. The molecule has 3 heterocycles. The van der Waals surface area contributed by atoms with Gasteiger partial charge in [0.15, 0.2) is 5.82 Å². The average molecular weight is 285 g/mol. The van der Waals surface area contributed by atoms with E-state index in [2.05, 4.69) is 38.6 Å². The molecule has 0 aliphatic carbocycles. The van der Waals surface area contributed by atoms with Crippen LogP contribution in [-0.4, -0.2) is 29.3 Å². The predicted molar refractivity (Wildman–Crippen MR) is 80.9 cm³/mol. The molecular weight excluding hydrogens is 266 g/mol. The van der Waals surface area contributed by atoms with Crippen LogP contribution in [-0.2, 0) is 13.1 Å². The minimum Gasteiger partial charge on any atom is -0.383 e. The first kappa shape index (κ1) is 13.5. The number of hydrogen-bond donors (Lipinski definition) is 1. The second kappa shape index (κ2) is 4.83. The fourth-order valence-corrected chi connectivity index (χ4v) is 2.68. The third-order valence-electron chi connectivity index (χ3n) is 3.94. The standard InChI is InChI=1S/C14H19N7/c1-5-20-7-16-19-11(20)6-21-9(3)8(2)12-13(15)17-10(4)18-14(12)21/h7H,5-6H2,1-4H3,(H2,15,17,18). The Balaban J connectivity index is 2.21. The Morgan fingerprint density at radius 1 is 1.19 bits per heavy atom. The fourth-order valence-electron chi connectivity index (χ4n) is 2.68. The first-order chi connectivity index (χ1) is 10.0. The number of aromatic nitrogens is 6. The third-order valence-corrected chi connectivity index (χ3v) is 3.94. The number of nitrogen functional groups attached to an aromatic ring is 1. The van der Waals surface area contributed by atoms with Crippen molar-refractivity contribution in [3.63, 3.8) is 0 Å². The smallest absolute Gasteiger partial charge is 0.152 e. The van der Waals surface area contributed by atoms with Gasteiger partial charge in [-0.05, 0) is 33.3 Å². The van der Waals surface area contributed by atoms with Crippen molar-refractivity contribution in [2.24, 2.45) is 0 Å². The molecule has 0 fully saturated rings. The molecule has 3 aromatic rings. The van der Waals surface area contributed by atoms with E-state index in [9.17, 15) is 0 Å². The van der Waals surface area contributed by atoms with Crippen molar-refractivity contribution >= 4 is 16.9 Å². The molecule has 2 N–H and O–H groups in total. The summed E-state index contributed by atoms with van der Waals surface area (Å²) in [7, 11) is 0. The van der Waals surface area contributed by atoms with E-state index in [1.54, 1.807) is 6.33 Å². The van der Waals surface area contributed by atoms with Crippen LogP contribution in [0.2, 0.25) is 0 Å². The lowest BCUT2D eigenvalue weighted by Gasteiger charge is -2.08. The first-order valence-electron chi connectivity index (χ1n) is 6.99. The zero-order valence-electron chi connectivity index (χ0n) is 12.8. The Hall–Kier alpha value is -2.44. The van der Waals surface area contributed by atoms with E-state index < -0.39 is 0 Å². The van der Waals surface area contributed by atoms with Gasteiger partial charge >= 0.3 is 0 Å². The Labute approximate surface area is 122 Å². The molecule has 7 heteroatoms. The number of hydrogen-bond acceptors (Lipinski definition) is 5. The van der Waals surface area contributed by atoms with E-state index >= 15 is 0 Å². The van der Waals surface area contributed by atoms with Gasteiger partial charge in [-0.1, -0.05) is 0 Å². The molecule has 0 amide bonds. The van der Waals surface area contributed by atoms with Crippen LogP contribution < -0.4 is 5.73 Å². The molecule has 7 nitrogen and oxygen atoms in total. The summed E-state index contributed by atoms with van der Waals surface area (Å²) in [6.45, 7) is 9.51. The maximum absolute atomic E-state index is 6.07. The number of aryl methyl sites for hydroxylation is 3. The highest BCUT2D eigenvalue weighted by Crippen LogP contribution is 2.28. The topological polar surface area (TPSA) is 87.4 Å². The van der Waals surface area contributed by atoms with Crippen LogP contribution in [0, 0.1) is 20.8 Å². The van der Waals surface area contributed by atoms with E-state index in [0.717, 1.165) is 34.7 Å². The SMILES string of the molecule is CCn1cnnc1Cn1c(C)c(C)c2c(N)nc(C)nc21. The summed E-state index contributed by atoms with van der Waals surface area (Å²) in [6, 6.07) is 0. The Kier molecular flexibility index (Phi) is 3.12. The largest absolute Gasteiger partial charge is 0.383 e. The van der Waals surface area contributed by atoms with Gasteiger partial charge in [-0.2, -0.15) is 0 Å². The van der Waals surface area contributed by atoms with Crippen LogP contribution in [0.25, 0.3) is 11.0 Å². The molecule has 0 aliphatic heterocycles. The first-order valence-corrected chi connectivity index (χ1v) is 6.99. The maximum Gasteiger partial charge on any atom is 0.152 e. The lowest BCUT2D eigenvalue weighted by atomic mass is 10.2. The normalized spacial score (nSPS) is 11.4. The van der Waals surface area contributed by atoms with E-state index in [1.807, 2.05) is 18.4 Å². The zero-order chi connectivity index (χ0) is 15.1. The average Bonchev–Trinajstić information content (AvgIpc) is 2.97. The number of nitrogens with two attached hydrogens (primary N) is 1. The zero-order valence-corrected chi connectivity index (χ0v) is 12.8.